The number of piperidine rings is 1. The highest BCUT2D eigenvalue weighted by atomic mass is 16.6. The monoisotopic (exact) mass is 362 g/mol. The fourth-order valence-electron chi connectivity index (χ4n) is 4.10. The SMILES string of the molecule is COC(=O)CCCN1CCC2(CC1)C(=O)N(N)C[N+]2([O-])c1ccccc1. The lowest BCUT2D eigenvalue weighted by Gasteiger charge is -2.52. The van der Waals surface area contributed by atoms with Gasteiger partial charge < -0.3 is 14.8 Å². The Morgan fingerprint density at radius 2 is 1.96 bits per heavy atom. The van der Waals surface area contributed by atoms with E-state index >= 15 is 0 Å². The van der Waals surface area contributed by atoms with Crippen LogP contribution in [0.1, 0.15) is 25.7 Å². The third-order valence-electron chi connectivity index (χ3n) is 5.64. The molecule has 1 amide bonds. The number of para-hydroxylation sites is 1. The number of hydrazine groups is 1. The summed E-state index contributed by atoms with van der Waals surface area (Å²) in [4.78, 5) is 26.2. The Balaban J connectivity index is 1.72. The summed E-state index contributed by atoms with van der Waals surface area (Å²) < 4.78 is 3.93. The Kier molecular flexibility index (Phi) is 5.29. The molecular formula is C18H26N4O4. The normalized spacial score (nSPS) is 25.7. The standard InChI is InChI=1S/C18H26N4O4/c1-26-16(23)8-5-11-20-12-9-18(10-13-20)17(24)21(19)14-22(18,25)15-6-3-2-4-7-15/h2-4,6-7H,5,8-14,19H2,1H3. The Morgan fingerprint density at radius 1 is 1.31 bits per heavy atom. The lowest BCUT2D eigenvalue weighted by atomic mass is 9.85. The Bertz CT molecular complexity index is 660. The number of esters is 1. The van der Waals surface area contributed by atoms with E-state index in [1.807, 2.05) is 18.2 Å². The van der Waals surface area contributed by atoms with Gasteiger partial charge in [-0.1, -0.05) is 18.2 Å². The number of hydrogen-bond donors (Lipinski definition) is 1. The van der Waals surface area contributed by atoms with E-state index in [0.29, 0.717) is 44.5 Å². The zero-order chi connectivity index (χ0) is 18.8. The number of nitrogens with zero attached hydrogens (tertiary/aromatic N) is 3. The summed E-state index contributed by atoms with van der Waals surface area (Å²) in [5, 5.41) is 14.9. The van der Waals surface area contributed by atoms with Gasteiger partial charge in [-0.2, -0.15) is 0 Å². The predicted molar refractivity (Wildman–Crippen MR) is 97.2 cm³/mol. The van der Waals surface area contributed by atoms with Crippen molar-refractivity contribution in [3.8, 4) is 0 Å². The number of hydrogen-bond acceptors (Lipinski definition) is 6. The topological polar surface area (TPSA) is 98.9 Å². The summed E-state index contributed by atoms with van der Waals surface area (Å²) >= 11 is 0. The Morgan fingerprint density at radius 3 is 2.58 bits per heavy atom. The van der Waals surface area contributed by atoms with E-state index in [1.165, 1.54) is 7.11 Å². The highest BCUT2D eigenvalue weighted by Gasteiger charge is 2.61. The second-order valence-electron chi connectivity index (χ2n) is 7.04. The van der Waals surface area contributed by atoms with Crippen LogP contribution in [0, 0.1) is 5.21 Å². The van der Waals surface area contributed by atoms with Crippen LogP contribution >= 0.6 is 0 Å². The summed E-state index contributed by atoms with van der Waals surface area (Å²) in [6, 6.07) is 9.01. The van der Waals surface area contributed by atoms with Gasteiger partial charge in [0.05, 0.1) is 7.11 Å². The second-order valence-corrected chi connectivity index (χ2v) is 7.04. The van der Waals surface area contributed by atoms with Crippen LogP contribution in [0.25, 0.3) is 0 Å². The molecule has 8 nitrogen and oxygen atoms in total. The Labute approximate surface area is 153 Å². The molecule has 1 aromatic carbocycles. The van der Waals surface area contributed by atoms with Crippen LogP contribution in [0.3, 0.4) is 0 Å². The van der Waals surface area contributed by atoms with Crippen molar-refractivity contribution >= 4 is 17.6 Å². The van der Waals surface area contributed by atoms with E-state index in [4.69, 9.17) is 5.84 Å². The predicted octanol–water partition coefficient (Wildman–Crippen LogP) is 0.953. The third kappa shape index (κ3) is 3.09. The zero-order valence-electron chi connectivity index (χ0n) is 15.1. The van der Waals surface area contributed by atoms with E-state index in [-0.39, 0.29) is 18.5 Å². The van der Waals surface area contributed by atoms with E-state index in [2.05, 4.69) is 9.64 Å². The average Bonchev–Trinajstić information content (AvgIpc) is 2.85. The van der Waals surface area contributed by atoms with Crippen molar-refractivity contribution in [2.45, 2.75) is 31.2 Å². The number of methoxy groups -OCH3 is 1. The van der Waals surface area contributed by atoms with Crippen molar-refractivity contribution in [2.75, 3.05) is 33.4 Å². The maximum atomic E-state index is 13.8. The van der Waals surface area contributed by atoms with Gasteiger partial charge >= 0.3 is 11.9 Å². The van der Waals surface area contributed by atoms with Gasteiger partial charge in [0.2, 0.25) is 0 Å². The van der Waals surface area contributed by atoms with Crippen molar-refractivity contribution in [3.05, 3.63) is 35.5 Å². The van der Waals surface area contributed by atoms with Gasteiger partial charge in [-0.25, -0.2) is 10.9 Å². The Hall–Kier alpha value is -2.00. The molecule has 2 fully saturated rings. The summed E-state index contributed by atoms with van der Waals surface area (Å²) in [6.45, 7) is 1.95. The quantitative estimate of drug-likeness (QED) is 0.275. The van der Waals surface area contributed by atoms with Gasteiger partial charge in [0.25, 0.3) is 0 Å². The molecule has 2 heterocycles. The van der Waals surface area contributed by atoms with Crippen LogP contribution in [-0.4, -0.2) is 60.7 Å². The number of carbonyl (C=O) groups excluding carboxylic acids is 2. The second kappa shape index (κ2) is 7.32. The van der Waals surface area contributed by atoms with Crippen LogP contribution < -0.4 is 10.5 Å². The number of hydroxylamine groups is 2. The number of benzene rings is 1. The molecule has 142 valence electrons. The van der Waals surface area contributed by atoms with Gasteiger partial charge in [0, 0.05) is 32.4 Å². The maximum absolute atomic E-state index is 13.8. The minimum atomic E-state index is -1.06. The summed E-state index contributed by atoms with van der Waals surface area (Å²) in [5.41, 5.74) is -0.498. The molecule has 0 bridgehead atoms. The molecule has 2 aliphatic rings. The van der Waals surface area contributed by atoms with Crippen molar-refractivity contribution in [1.82, 2.24) is 14.6 Å². The maximum Gasteiger partial charge on any atom is 0.305 e. The molecule has 2 saturated heterocycles. The molecule has 8 heteroatoms. The van der Waals surface area contributed by atoms with Crippen molar-refractivity contribution < 1.29 is 14.3 Å². The van der Waals surface area contributed by atoms with Crippen LogP contribution in [0.4, 0.5) is 5.69 Å². The number of amides is 1. The molecule has 0 saturated carbocycles. The van der Waals surface area contributed by atoms with Gasteiger partial charge in [0.1, 0.15) is 5.69 Å². The fraction of sp³-hybridized carbons (Fsp3) is 0.556. The lowest BCUT2D eigenvalue weighted by molar-refractivity contribution is -0.140. The van der Waals surface area contributed by atoms with Gasteiger partial charge in [0.15, 0.2) is 12.2 Å². The molecular weight excluding hydrogens is 336 g/mol. The van der Waals surface area contributed by atoms with Crippen LogP contribution in [0.15, 0.2) is 30.3 Å². The van der Waals surface area contributed by atoms with Crippen molar-refractivity contribution in [1.29, 1.82) is 0 Å². The summed E-state index contributed by atoms with van der Waals surface area (Å²) in [5.74, 6) is 5.37. The first-order valence-electron chi connectivity index (χ1n) is 8.93. The number of likely N-dealkylation sites (tertiary alicyclic amines) is 1. The summed E-state index contributed by atoms with van der Waals surface area (Å²) in [6.07, 6.45) is 1.98. The van der Waals surface area contributed by atoms with Crippen molar-refractivity contribution in [3.63, 3.8) is 0 Å². The largest absolute Gasteiger partial charge is 0.625 e. The molecule has 3 rings (SSSR count). The fourth-order valence-corrected chi connectivity index (χ4v) is 4.10. The molecule has 2 aliphatic heterocycles. The van der Waals surface area contributed by atoms with E-state index in [0.717, 1.165) is 11.6 Å². The van der Waals surface area contributed by atoms with Gasteiger partial charge in [-0.05, 0) is 25.1 Å². The molecule has 0 aromatic heterocycles. The molecule has 26 heavy (non-hydrogen) atoms. The molecule has 1 aromatic rings. The zero-order valence-corrected chi connectivity index (χ0v) is 15.1. The molecule has 0 aliphatic carbocycles. The van der Waals surface area contributed by atoms with Crippen LogP contribution in [0.5, 0.6) is 0 Å². The first-order chi connectivity index (χ1) is 12.4. The molecule has 1 atom stereocenters. The lowest BCUT2D eigenvalue weighted by Crippen LogP contribution is -2.65. The number of carbonyl (C=O) groups is 2. The summed E-state index contributed by atoms with van der Waals surface area (Å²) in [7, 11) is 1.38. The van der Waals surface area contributed by atoms with Gasteiger partial charge in [-0.3, -0.25) is 14.2 Å². The highest BCUT2D eigenvalue weighted by Crippen LogP contribution is 2.44. The molecule has 2 N–H and O–H groups in total. The highest BCUT2D eigenvalue weighted by molar-refractivity contribution is 5.91. The van der Waals surface area contributed by atoms with E-state index in [9.17, 15) is 14.8 Å². The van der Waals surface area contributed by atoms with Crippen LogP contribution in [0.2, 0.25) is 0 Å². The average molecular weight is 362 g/mol. The minimum absolute atomic E-state index is 0.0643. The number of rotatable bonds is 5. The number of quaternary nitrogens is 1. The van der Waals surface area contributed by atoms with E-state index < -0.39 is 10.2 Å². The smallest absolute Gasteiger partial charge is 0.305 e. The third-order valence-corrected chi connectivity index (χ3v) is 5.64. The van der Waals surface area contributed by atoms with Crippen LogP contribution in [-0.2, 0) is 14.3 Å². The first kappa shape index (κ1) is 18.8. The number of ether oxygens (including phenoxy) is 1. The molecule has 1 unspecified atom stereocenters. The minimum Gasteiger partial charge on any atom is -0.625 e. The number of nitrogens with two attached hydrogens (primary N) is 1. The van der Waals surface area contributed by atoms with Gasteiger partial charge in [-0.15, -0.1) is 0 Å². The molecule has 0 radical (unpaired) electrons. The molecule has 1 spiro atoms. The first-order valence-corrected chi connectivity index (χ1v) is 8.93. The van der Waals surface area contributed by atoms with E-state index in [1.54, 1.807) is 12.1 Å². The van der Waals surface area contributed by atoms with Crippen molar-refractivity contribution in [2.24, 2.45) is 5.84 Å².